The number of fused-ring (bicyclic) bond motifs is 1. The summed E-state index contributed by atoms with van der Waals surface area (Å²) >= 11 is 5.27. The van der Waals surface area contributed by atoms with Gasteiger partial charge in [-0.3, -0.25) is 10.1 Å². The molecule has 0 radical (unpaired) electrons. The van der Waals surface area contributed by atoms with Crippen LogP contribution in [-0.4, -0.2) is 28.2 Å². The maximum Gasteiger partial charge on any atom is 0.261 e. The molecule has 0 aliphatic heterocycles. The fraction of sp³-hybridized carbons (Fsp3) is 0.160. The van der Waals surface area contributed by atoms with E-state index in [1.807, 2.05) is 31.2 Å². The number of thiocarbonyl (C=S) groups is 1. The van der Waals surface area contributed by atoms with Gasteiger partial charge in [0.25, 0.3) is 5.91 Å². The number of para-hydroxylation sites is 1. The molecule has 0 aliphatic carbocycles. The van der Waals surface area contributed by atoms with Gasteiger partial charge < -0.3 is 19.6 Å². The summed E-state index contributed by atoms with van der Waals surface area (Å²) in [6, 6.07) is 16.0. The van der Waals surface area contributed by atoms with E-state index in [9.17, 15) is 9.90 Å². The van der Waals surface area contributed by atoms with E-state index in [0.717, 1.165) is 23.1 Å². The first-order chi connectivity index (χ1) is 15.9. The van der Waals surface area contributed by atoms with E-state index in [2.05, 4.69) is 22.5 Å². The minimum absolute atomic E-state index is 0.0308. The van der Waals surface area contributed by atoms with Crippen molar-refractivity contribution in [3.8, 4) is 23.0 Å². The molecule has 0 aliphatic rings. The van der Waals surface area contributed by atoms with Gasteiger partial charge in [-0.1, -0.05) is 25.1 Å². The van der Waals surface area contributed by atoms with Crippen LogP contribution in [0.3, 0.4) is 0 Å². The summed E-state index contributed by atoms with van der Waals surface area (Å²) in [5, 5.41) is 16.2. The number of rotatable bonds is 5. The number of aromatic hydroxyl groups is 1. The lowest BCUT2D eigenvalue weighted by atomic mass is 10.1. The van der Waals surface area contributed by atoms with Crippen LogP contribution in [0, 0.1) is 6.92 Å². The average Bonchev–Trinajstić information content (AvgIpc) is 3.21. The molecule has 4 rings (SSSR count). The fourth-order valence-electron chi connectivity index (χ4n) is 3.53. The number of anilines is 1. The molecule has 0 unspecified atom stereocenters. The van der Waals surface area contributed by atoms with Gasteiger partial charge in [-0.15, -0.1) is 0 Å². The Morgan fingerprint density at radius 3 is 2.73 bits per heavy atom. The molecule has 3 N–H and O–H groups in total. The lowest BCUT2D eigenvalue weighted by Gasteiger charge is -2.13. The van der Waals surface area contributed by atoms with Crippen LogP contribution in [-0.2, 0) is 6.42 Å². The number of ether oxygens (including phenoxy) is 1. The van der Waals surface area contributed by atoms with Crippen molar-refractivity contribution in [2.45, 2.75) is 20.3 Å². The topological polar surface area (TPSA) is 96.6 Å². The number of methoxy groups -OCH3 is 1. The van der Waals surface area contributed by atoms with E-state index in [1.54, 1.807) is 24.3 Å². The largest absolute Gasteiger partial charge is 0.507 e. The molecule has 33 heavy (non-hydrogen) atoms. The highest BCUT2D eigenvalue weighted by Gasteiger charge is 2.16. The van der Waals surface area contributed by atoms with Crippen molar-refractivity contribution in [3.63, 3.8) is 0 Å². The first-order valence-corrected chi connectivity index (χ1v) is 10.8. The molecule has 1 amide bonds. The molecule has 8 heteroatoms. The number of carbonyl (C=O) groups is 1. The lowest BCUT2D eigenvalue weighted by Crippen LogP contribution is -2.34. The second-order valence-electron chi connectivity index (χ2n) is 7.47. The van der Waals surface area contributed by atoms with Crippen molar-refractivity contribution < 1.29 is 19.1 Å². The van der Waals surface area contributed by atoms with E-state index < -0.39 is 5.91 Å². The van der Waals surface area contributed by atoms with Gasteiger partial charge in [0.2, 0.25) is 5.89 Å². The van der Waals surface area contributed by atoms with Crippen molar-refractivity contribution in [1.82, 2.24) is 10.3 Å². The number of phenols is 1. The number of hydrogen-bond acceptors (Lipinski definition) is 6. The van der Waals surface area contributed by atoms with Crippen molar-refractivity contribution in [2.75, 3.05) is 12.4 Å². The van der Waals surface area contributed by atoms with Crippen molar-refractivity contribution in [3.05, 3.63) is 71.3 Å². The average molecular weight is 462 g/mol. The lowest BCUT2D eigenvalue weighted by molar-refractivity contribution is 0.0974. The van der Waals surface area contributed by atoms with Gasteiger partial charge in [-0.25, -0.2) is 4.98 Å². The Morgan fingerprint density at radius 1 is 1.18 bits per heavy atom. The zero-order chi connectivity index (χ0) is 23.5. The monoisotopic (exact) mass is 461 g/mol. The van der Waals surface area contributed by atoms with Gasteiger partial charge >= 0.3 is 0 Å². The number of carbonyl (C=O) groups excluding carboxylic acids is 1. The van der Waals surface area contributed by atoms with Crippen LogP contribution in [0.2, 0.25) is 0 Å². The Hall–Kier alpha value is -3.91. The van der Waals surface area contributed by atoms with E-state index in [4.69, 9.17) is 21.4 Å². The number of aryl methyl sites for hydroxylation is 2. The van der Waals surface area contributed by atoms with Crippen LogP contribution in [0.25, 0.3) is 22.6 Å². The highest BCUT2D eigenvalue weighted by Crippen LogP contribution is 2.33. The number of nitrogens with one attached hydrogen (secondary N) is 2. The number of phenolic OH excluding ortho intramolecular Hbond substituents is 1. The first kappa shape index (κ1) is 22.3. The summed E-state index contributed by atoms with van der Waals surface area (Å²) in [6.07, 6.45) is 0.900. The Bertz CT molecular complexity index is 1360. The third kappa shape index (κ3) is 4.65. The summed E-state index contributed by atoms with van der Waals surface area (Å²) < 4.78 is 11.1. The Labute approximate surface area is 196 Å². The molecule has 0 spiro atoms. The molecule has 7 nitrogen and oxygen atoms in total. The minimum atomic E-state index is -0.396. The zero-order valence-corrected chi connectivity index (χ0v) is 19.2. The van der Waals surface area contributed by atoms with E-state index >= 15 is 0 Å². The number of aromatic nitrogens is 1. The molecule has 0 saturated carbocycles. The molecular weight excluding hydrogens is 438 g/mol. The van der Waals surface area contributed by atoms with Crippen LogP contribution in [0.15, 0.2) is 59.0 Å². The molecule has 1 aromatic heterocycles. The predicted octanol–water partition coefficient (Wildman–Crippen LogP) is 5.21. The number of oxazole rings is 1. The summed E-state index contributed by atoms with van der Waals surface area (Å²) in [4.78, 5) is 17.1. The number of benzene rings is 3. The van der Waals surface area contributed by atoms with Crippen LogP contribution in [0.5, 0.6) is 11.5 Å². The molecule has 4 aromatic rings. The maximum absolute atomic E-state index is 12.6. The Kier molecular flexibility index (Phi) is 6.28. The van der Waals surface area contributed by atoms with Gasteiger partial charge in [-0.2, -0.15) is 0 Å². The van der Waals surface area contributed by atoms with Gasteiger partial charge in [0, 0.05) is 11.8 Å². The Morgan fingerprint density at radius 2 is 2.00 bits per heavy atom. The minimum Gasteiger partial charge on any atom is -0.507 e. The van der Waals surface area contributed by atoms with Crippen molar-refractivity contribution in [1.29, 1.82) is 0 Å². The summed E-state index contributed by atoms with van der Waals surface area (Å²) in [7, 11) is 1.51. The quantitative estimate of drug-likeness (QED) is 0.351. The molecule has 0 bridgehead atoms. The fourth-order valence-corrected chi connectivity index (χ4v) is 3.74. The molecular formula is C25H23N3O4S. The molecule has 0 saturated heterocycles. The molecule has 3 aromatic carbocycles. The van der Waals surface area contributed by atoms with E-state index in [0.29, 0.717) is 34.0 Å². The van der Waals surface area contributed by atoms with E-state index in [1.165, 1.54) is 13.2 Å². The summed E-state index contributed by atoms with van der Waals surface area (Å²) in [6.45, 7) is 3.93. The second-order valence-corrected chi connectivity index (χ2v) is 7.88. The normalized spacial score (nSPS) is 10.8. The SMILES string of the molecule is CCc1ccc2oc(-c3ccc(NC(=S)NC(=O)c4cccc(C)c4OC)cc3O)nc2c1. The number of amides is 1. The third-order valence-corrected chi connectivity index (χ3v) is 5.44. The highest BCUT2D eigenvalue weighted by atomic mass is 32.1. The number of nitrogens with zero attached hydrogens (tertiary/aromatic N) is 1. The second kappa shape index (κ2) is 9.30. The van der Waals surface area contributed by atoms with Gasteiger partial charge in [0.05, 0.1) is 18.2 Å². The van der Waals surface area contributed by atoms with Crippen LogP contribution >= 0.6 is 12.2 Å². The Balaban J connectivity index is 1.49. The maximum atomic E-state index is 12.6. The smallest absolute Gasteiger partial charge is 0.261 e. The van der Waals surface area contributed by atoms with Crippen molar-refractivity contribution in [2.24, 2.45) is 0 Å². The van der Waals surface area contributed by atoms with E-state index in [-0.39, 0.29) is 10.9 Å². The first-order valence-electron chi connectivity index (χ1n) is 10.4. The molecule has 0 atom stereocenters. The summed E-state index contributed by atoms with van der Waals surface area (Å²) in [5.74, 6) is 0.387. The standard InChI is InChI=1S/C25H23N3O4S/c1-4-15-8-11-21-19(12-15)27-24(32-21)17-10-9-16(13-20(17)29)26-25(33)28-23(30)18-7-5-6-14(2)22(18)31-3/h5-13,29H,4H2,1-3H3,(H2,26,28,30,33). The third-order valence-electron chi connectivity index (χ3n) is 5.23. The zero-order valence-electron chi connectivity index (χ0n) is 18.4. The molecule has 1 heterocycles. The molecule has 0 fully saturated rings. The van der Waals surface area contributed by atoms with Crippen LogP contribution < -0.4 is 15.4 Å². The van der Waals surface area contributed by atoms with Crippen LogP contribution in [0.1, 0.15) is 28.4 Å². The number of hydrogen-bond donors (Lipinski definition) is 3. The highest BCUT2D eigenvalue weighted by molar-refractivity contribution is 7.80. The van der Waals surface area contributed by atoms with Gasteiger partial charge in [0.15, 0.2) is 10.7 Å². The predicted molar refractivity (Wildman–Crippen MR) is 132 cm³/mol. The molecule has 168 valence electrons. The van der Waals surface area contributed by atoms with Gasteiger partial charge in [0.1, 0.15) is 17.0 Å². The summed E-state index contributed by atoms with van der Waals surface area (Å²) in [5.41, 5.74) is 4.72. The van der Waals surface area contributed by atoms with Gasteiger partial charge in [-0.05, 0) is 67.0 Å². The van der Waals surface area contributed by atoms with Crippen molar-refractivity contribution >= 4 is 40.0 Å². The van der Waals surface area contributed by atoms with Crippen LogP contribution in [0.4, 0.5) is 5.69 Å².